The average Bonchev–Trinajstić information content (AvgIpc) is 3.21. The monoisotopic (exact) mass is 306 g/mol. The molecule has 0 atom stereocenters. The minimum absolute atomic E-state index is 0.0679. The average molecular weight is 306 g/mol. The molecule has 2 N–H and O–H groups in total. The predicted molar refractivity (Wildman–Crippen MR) is 77.2 cm³/mol. The normalized spacial score (nSPS) is 14.3. The first kappa shape index (κ1) is 14.1. The van der Waals surface area contributed by atoms with Gasteiger partial charge in [0.15, 0.2) is 5.16 Å². The first-order valence-corrected chi connectivity index (χ1v) is 7.71. The third-order valence-corrected chi connectivity index (χ3v) is 4.33. The molecule has 0 bridgehead atoms. The Morgan fingerprint density at radius 3 is 2.81 bits per heavy atom. The Labute approximate surface area is 125 Å². The van der Waals surface area contributed by atoms with Crippen molar-refractivity contribution in [2.24, 2.45) is 5.73 Å². The van der Waals surface area contributed by atoms with Crippen LogP contribution in [0.3, 0.4) is 0 Å². The Hall–Kier alpha value is -1.89. The fourth-order valence-corrected chi connectivity index (χ4v) is 3.04. The largest absolute Gasteiger partial charge is 0.368 e. The summed E-state index contributed by atoms with van der Waals surface area (Å²) in [4.78, 5) is 11.2. The van der Waals surface area contributed by atoms with Gasteiger partial charge in [-0.3, -0.25) is 9.36 Å². The second kappa shape index (κ2) is 5.85. The van der Waals surface area contributed by atoms with Gasteiger partial charge in [0.05, 0.1) is 0 Å². The van der Waals surface area contributed by atoms with Gasteiger partial charge >= 0.3 is 0 Å². The number of benzene rings is 1. The molecule has 1 aliphatic rings. The summed E-state index contributed by atoms with van der Waals surface area (Å²) in [5, 5.41) is 8.89. The van der Waals surface area contributed by atoms with Crippen LogP contribution in [0.4, 0.5) is 4.39 Å². The molecule has 7 heteroatoms. The number of carbonyl (C=O) groups excluding carboxylic acids is 1. The Kier molecular flexibility index (Phi) is 3.92. The second-order valence-electron chi connectivity index (χ2n) is 5.05. The minimum Gasteiger partial charge on any atom is -0.368 e. The number of primary amides is 1. The highest BCUT2D eigenvalue weighted by molar-refractivity contribution is 7.98. The van der Waals surface area contributed by atoms with Crippen molar-refractivity contribution in [3.8, 4) is 0 Å². The zero-order chi connectivity index (χ0) is 14.8. The van der Waals surface area contributed by atoms with Gasteiger partial charge in [0.2, 0.25) is 5.91 Å². The SMILES string of the molecule is NC(=O)Cn1c(SCc2ccccc2F)nnc1C1CC1. The van der Waals surface area contributed by atoms with Gasteiger partial charge in [-0.05, 0) is 24.5 Å². The molecule has 1 amide bonds. The van der Waals surface area contributed by atoms with Crippen molar-refractivity contribution in [1.29, 1.82) is 0 Å². The lowest BCUT2D eigenvalue weighted by atomic mass is 10.2. The van der Waals surface area contributed by atoms with Crippen LogP contribution >= 0.6 is 11.8 Å². The summed E-state index contributed by atoms with van der Waals surface area (Å²) in [6, 6.07) is 6.62. The lowest BCUT2D eigenvalue weighted by molar-refractivity contribution is -0.118. The van der Waals surface area contributed by atoms with Crippen LogP contribution in [-0.2, 0) is 17.1 Å². The van der Waals surface area contributed by atoms with Crippen LogP contribution in [-0.4, -0.2) is 20.7 Å². The molecule has 1 aromatic carbocycles. The predicted octanol–water partition coefficient (Wildman–Crippen LogP) is 2.07. The third kappa shape index (κ3) is 3.24. The molecule has 0 saturated heterocycles. The van der Waals surface area contributed by atoms with Crippen LogP contribution in [0.15, 0.2) is 29.4 Å². The second-order valence-corrected chi connectivity index (χ2v) is 5.99. The van der Waals surface area contributed by atoms with E-state index in [1.807, 2.05) is 0 Å². The maximum absolute atomic E-state index is 13.6. The molecule has 0 spiro atoms. The van der Waals surface area contributed by atoms with E-state index in [2.05, 4.69) is 10.2 Å². The molecule has 1 heterocycles. The highest BCUT2D eigenvalue weighted by atomic mass is 32.2. The highest BCUT2D eigenvalue weighted by Crippen LogP contribution is 2.40. The Bertz CT molecular complexity index is 669. The van der Waals surface area contributed by atoms with Crippen LogP contribution in [0.5, 0.6) is 0 Å². The number of hydrogen-bond acceptors (Lipinski definition) is 4. The number of nitrogens with two attached hydrogens (primary N) is 1. The van der Waals surface area contributed by atoms with Crippen molar-refractivity contribution < 1.29 is 9.18 Å². The van der Waals surface area contributed by atoms with Crippen LogP contribution < -0.4 is 5.73 Å². The molecule has 0 unspecified atom stereocenters. The van der Waals surface area contributed by atoms with Gasteiger partial charge < -0.3 is 5.73 Å². The molecule has 0 radical (unpaired) electrons. The van der Waals surface area contributed by atoms with Crippen molar-refractivity contribution in [2.45, 2.75) is 36.2 Å². The van der Waals surface area contributed by atoms with E-state index >= 15 is 0 Å². The molecular formula is C14H15FN4OS. The lowest BCUT2D eigenvalue weighted by Gasteiger charge is -2.07. The fourth-order valence-electron chi connectivity index (χ4n) is 2.11. The summed E-state index contributed by atoms with van der Waals surface area (Å²) in [5.74, 6) is 0.955. The molecule has 3 rings (SSSR count). The molecule has 0 aliphatic heterocycles. The number of rotatable bonds is 6. The number of carbonyl (C=O) groups is 1. The summed E-state index contributed by atoms with van der Waals surface area (Å²) in [6.07, 6.45) is 2.13. The summed E-state index contributed by atoms with van der Waals surface area (Å²) in [7, 11) is 0. The minimum atomic E-state index is -0.426. The van der Waals surface area contributed by atoms with E-state index in [-0.39, 0.29) is 12.4 Å². The summed E-state index contributed by atoms with van der Waals surface area (Å²) in [5.41, 5.74) is 5.89. The summed E-state index contributed by atoms with van der Waals surface area (Å²) in [6.45, 7) is 0.0679. The number of hydrogen-bond donors (Lipinski definition) is 1. The molecule has 2 aromatic rings. The van der Waals surface area contributed by atoms with Crippen molar-refractivity contribution in [3.63, 3.8) is 0 Å². The van der Waals surface area contributed by atoms with E-state index in [9.17, 15) is 9.18 Å². The first-order valence-electron chi connectivity index (χ1n) is 6.72. The standard InChI is InChI=1S/C14H15FN4OS/c15-11-4-2-1-3-10(11)8-21-14-18-17-13(9-5-6-9)19(14)7-12(16)20/h1-4,9H,5-8H2,(H2,16,20). The third-order valence-electron chi connectivity index (χ3n) is 3.32. The summed E-state index contributed by atoms with van der Waals surface area (Å²) < 4.78 is 15.4. The Morgan fingerprint density at radius 2 is 2.14 bits per heavy atom. The van der Waals surface area contributed by atoms with Crippen LogP contribution in [0.25, 0.3) is 0 Å². The van der Waals surface area contributed by atoms with E-state index in [0.717, 1.165) is 18.7 Å². The van der Waals surface area contributed by atoms with E-state index < -0.39 is 5.91 Å². The smallest absolute Gasteiger partial charge is 0.237 e. The van der Waals surface area contributed by atoms with Gasteiger partial charge in [-0.2, -0.15) is 0 Å². The van der Waals surface area contributed by atoms with E-state index in [4.69, 9.17) is 5.73 Å². The Balaban J connectivity index is 1.78. The van der Waals surface area contributed by atoms with Crippen molar-refractivity contribution in [3.05, 3.63) is 41.5 Å². The molecule has 5 nitrogen and oxygen atoms in total. The van der Waals surface area contributed by atoms with Gasteiger partial charge in [-0.25, -0.2) is 4.39 Å². The van der Waals surface area contributed by atoms with E-state index in [1.165, 1.54) is 17.8 Å². The van der Waals surface area contributed by atoms with Crippen LogP contribution in [0.2, 0.25) is 0 Å². The molecule has 1 fully saturated rings. The Morgan fingerprint density at radius 1 is 1.38 bits per heavy atom. The van der Waals surface area contributed by atoms with Gasteiger partial charge in [-0.1, -0.05) is 30.0 Å². The number of aromatic nitrogens is 3. The van der Waals surface area contributed by atoms with Crippen molar-refractivity contribution in [1.82, 2.24) is 14.8 Å². The zero-order valence-electron chi connectivity index (χ0n) is 11.3. The van der Waals surface area contributed by atoms with Gasteiger partial charge in [-0.15, -0.1) is 10.2 Å². The number of halogens is 1. The molecule has 1 saturated carbocycles. The zero-order valence-corrected chi connectivity index (χ0v) is 12.1. The maximum atomic E-state index is 13.6. The van der Waals surface area contributed by atoms with Gasteiger partial charge in [0, 0.05) is 11.7 Å². The first-order chi connectivity index (χ1) is 10.1. The van der Waals surface area contributed by atoms with Gasteiger partial charge in [0.25, 0.3) is 0 Å². The van der Waals surface area contributed by atoms with E-state index in [1.54, 1.807) is 22.8 Å². The van der Waals surface area contributed by atoms with Crippen LogP contribution in [0, 0.1) is 5.82 Å². The topological polar surface area (TPSA) is 73.8 Å². The molecule has 110 valence electrons. The number of amides is 1. The number of thioether (sulfide) groups is 1. The highest BCUT2D eigenvalue weighted by Gasteiger charge is 2.30. The maximum Gasteiger partial charge on any atom is 0.237 e. The molecule has 1 aromatic heterocycles. The molecule has 1 aliphatic carbocycles. The lowest BCUT2D eigenvalue weighted by Crippen LogP contribution is -2.20. The van der Waals surface area contributed by atoms with Crippen LogP contribution in [0.1, 0.15) is 30.1 Å². The van der Waals surface area contributed by atoms with E-state index in [0.29, 0.717) is 22.4 Å². The van der Waals surface area contributed by atoms with Crippen molar-refractivity contribution in [2.75, 3.05) is 0 Å². The van der Waals surface area contributed by atoms with Crippen molar-refractivity contribution >= 4 is 17.7 Å². The fraction of sp³-hybridized carbons (Fsp3) is 0.357. The molecule has 21 heavy (non-hydrogen) atoms. The molecular weight excluding hydrogens is 291 g/mol. The quantitative estimate of drug-likeness (QED) is 0.829. The summed E-state index contributed by atoms with van der Waals surface area (Å²) >= 11 is 1.36. The number of nitrogens with zero attached hydrogens (tertiary/aromatic N) is 3. The van der Waals surface area contributed by atoms with Gasteiger partial charge in [0.1, 0.15) is 18.2 Å².